The van der Waals surface area contributed by atoms with Crippen molar-refractivity contribution in [1.82, 2.24) is 4.90 Å². The molecular formula is C36H51NO4. The van der Waals surface area contributed by atoms with Gasteiger partial charge in [-0.1, -0.05) is 121 Å². The maximum absolute atomic E-state index is 13.5. The van der Waals surface area contributed by atoms with E-state index in [2.05, 4.69) is 11.8 Å². The molecule has 1 fully saturated rings. The van der Waals surface area contributed by atoms with Gasteiger partial charge in [-0.05, 0) is 24.1 Å². The normalized spacial score (nSPS) is 14.1. The first-order valence-electron chi connectivity index (χ1n) is 16.3. The van der Waals surface area contributed by atoms with Gasteiger partial charge in [0.05, 0.1) is 36.3 Å². The van der Waals surface area contributed by atoms with Crippen molar-refractivity contribution in [1.29, 1.82) is 0 Å². The third kappa shape index (κ3) is 10.0. The molecule has 1 saturated heterocycles. The molecule has 1 aliphatic rings. The second-order valence-corrected chi connectivity index (χ2v) is 11.6. The smallest absolute Gasteiger partial charge is 0.200 e. The first kappa shape index (κ1) is 31.3. The number of hydrogen-bond acceptors (Lipinski definition) is 5. The third-order valence-electron chi connectivity index (χ3n) is 8.33. The quantitative estimate of drug-likeness (QED) is 0.137. The molecule has 5 heteroatoms. The fourth-order valence-electron chi connectivity index (χ4n) is 5.80. The molecule has 0 N–H and O–H groups in total. The summed E-state index contributed by atoms with van der Waals surface area (Å²) in [6.45, 7) is 6.82. The summed E-state index contributed by atoms with van der Waals surface area (Å²) in [6, 6.07) is 13.6. The Morgan fingerprint density at radius 1 is 0.756 bits per heavy atom. The summed E-state index contributed by atoms with van der Waals surface area (Å²) in [7, 11) is 0. The highest BCUT2D eigenvalue weighted by Gasteiger charge is 2.20. The van der Waals surface area contributed by atoms with Crippen molar-refractivity contribution in [3.05, 3.63) is 64.5 Å². The summed E-state index contributed by atoms with van der Waals surface area (Å²) in [5.41, 5.74) is 3.06. The van der Waals surface area contributed by atoms with Crippen molar-refractivity contribution < 1.29 is 13.9 Å². The van der Waals surface area contributed by atoms with Gasteiger partial charge in [-0.25, -0.2) is 0 Å². The second kappa shape index (κ2) is 18.0. The molecule has 0 unspecified atom stereocenters. The SMILES string of the molecule is CCCCCCCCCCCCCCCCOc1ccc2c(=O)c(-c3ccccc3)coc2c1CN1CCOCC1. The number of nitrogens with zero attached hydrogens (tertiary/aromatic N) is 1. The number of morpholine rings is 1. The van der Waals surface area contributed by atoms with Crippen LogP contribution in [0.5, 0.6) is 5.75 Å². The summed E-state index contributed by atoms with van der Waals surface area (Å²) < 4.78 is 18.1. The molecule has 0 spiro atoms. The van der Waals surface area contributed by atoms with Gasteiger partial charge in [0.25, 0.3) is 0 Å². The molecule has 0 amide bonds. The van der Waals surface area contributed by atoms with Crippen molar-refractivity contribution in [2.24, 2.45) is 0 Å². The lowest BCUT2D eigenvalue weighted by molar-refractivity contribution is 0.0338. The number of fused-ring (bicyclic) bond motifs is 1. The zero-order chi connectivity index (χ0) is 28.5. The van der Waals surface area contributed by atoms with Crippen molar-refractivity contribution in [3.63, 3.8) is 0 Å². The van der Waals surface area contributed by atoms with Gasteiger partial charge in [0.2, 0.25) is 5.43 Å². The minimum Gasteiger partial charge on any atom is -0.493 e. The predicted octanol–water partition coefficient (Wildman–Crippen LogP) is 9.15. The summed E-state index contributed by atoms with van der Waals surface area (Å²) >= 11 is 0. The van der Waals surface area contributed by atoms with E-state index in [1.54, 1.807) is 6.26 Å². The average Bonchev–Trinajstić information content (AvgIpc) is 3.01. The van der Waals surface area contributed by atoms with Crippen LogP contribution < -0.4 is 10.2 Å². The van der Waals surface area contributed by atoms with E-state index in [0.717, 1.165) is 49.6 Å². The zero-order valence-electron chi connectivity index (χ0n) is 25.3. The topological polar surface area (TPSA) is 51.9 Å². The second-order valence-electron chi connectivity index (χ2n) is 11.6. The van der Waals surface area contributed by atoms with Crippen LogP contribution in [0.2, 0.25) is 0 Å². The molecular weight excluding hydrogens is 510 g/mol. The average molecular weight is 562 g/mol. The lowest BCUT2D eigenvalue weighted by Crippen LogP contribution is -2.35. The maximum atomic E-state index is 13.5. The van der Waals surface area contributed by atoms with Gasteiger partial charge >= 0.3 is 0 Å². The van der Waals surface area contributed by atoms with E-state index in [4.69, 9.17) is 13.9 Å². The van der Waals surface area contributed by atoms with E-state index < -0.39 is 0 Å². The molecule has 1 aliphatic heterocycles. The summed E-state index contributed by atoms with van der Waals surface area (Å²) in [5, 5.41) is 0.610. The lowest BCUT2D eigenvalue weighted by atomic mass is 10.0. The molecule has 3 aromatic rings. The Morgan fingerprint density at radius 3 is 2.00 bits per heavy atom. The van der Waals surface area contributed by atoms with E-state index in [0.29, 0.717) is 29.7 Å². The molecule has 224 valence electrons. The minimum atomic E-state index is -0.000740. The summed E-state index contributed by atoms with van der Waals surface area (Å²) in [5.74, 6) is 0.828. The Bertz CT molecular complexity index is 1200. The van der Waals surface area contributed by atoms with Crippen LogP contribution in [0.15, 0.2) is 57.9 Å². The number of hydrogen-bond donors (Lipinski definition) is 0. The van der Waals surface area contributed by atoms with Crippen LogP contribution in [0.25, 0.3) is 22.1 Å². The molecule has 4 rings (SSSR count). The number of unbranched alkanes of at least 4 members (excludes halogenated alkanes) is 13. The van der Waals surface area contributed by atoms with E-state index in [-0.39, 0.29) is 5.43 Å². The van der Waals surface area contributed by atoms with Crippen molar-refractivity contribution in [2.45, 2.75) is 103 Å². The molecule has 1 aromatic heterocycles. The molecule has 0 saturated carbocycles. The standard InChI is InChI=1S/C36H51NO4/c1-2-3-4-5-6-7-8-9-10-11-12-13-14-18-25-40-34-22-21-31-35(38)33(30-19-16-15-17-20-30)29-41-36(31)32(34)28-37-23-26-39-27-24-37/h15-17,19-22,29H,2-14,18,23-28H2,1H3. The van der Waals surface area contributed by atoms with Crippen LogP contribution in [-0.2, 0) is 11.3 Å². The monoisotopic (exact) mass is 561 g/mol. The number of benzene rings is 2. The van der Waals surface area contributed by atoms with Gasteiger partial charge in [0, 0.05) is 19.6 Å². The van der Waals surface area contributed by atoms with Gasteiger partial charge < -0.3 is 13.9 Å². The van der Waals surface area contributed by atoms with Gasteiger partial charge in [0.1, 0.15) is 17.6 Å². The highest BCUT2D eigenvalue weighted by atomic mass is 16.5. The van der Waals surface area contributed by atoms with Crippen LogP contribution in [0.3, 0.4) is 0 Å². The first-order chi connectivity index (χ1) is 20.3. The lowest BCUT2D eigenvalue weighted by Gasteiger charge is -2.27. The molecule has 2 aromatic carbocycles. The van der Waals surface area contributed by atoms with Gasteiger partial charge in [-0.3, -0.25) is 9.69 Å². The molecule has 2 heterocycles. The third-order valence-corrected chi connectivity index (χ3v) is 8.33. The molecule has 0 atom stereocenters. The number of ether oxygens (including phenoxy) is 2. The Balaban J connectivity index is 1.26. The number of rotatable bonds is 19. The highest BCUT2D eigenvalue weighted by molar-refractivity contribution is 5.85. The zero-order valence-corrected chi connectivity index (χ0v) is 25.3. The van der Waals surface area contributed by atoms with Crippen LogP contribution >= 0.6 is 0 Å². The van der Waals surface area contributed by atoms with Crippen molar-refractivity contribution in [2.75, 3.05) is 32.9 Å². The molecule has 5 nitrogen and oxygen atoms in total. The fraction of sp³-hybridized carbons (Fsp3) is 0.583. The van der Waals surface area contributed by atoms with Gasteiger partial charge in [-0.15, -0.1) is 0 Å². The summed E-state index contributed by atoms with van der Waals surface area (Å²) in [4.78, 5) is 15.8. The molecule has 0 aliphatic carbocycles. The Labute approximate surface area is 247 Å². The van der Waals surface area contributed by atoms with Gasteiger partial charge in [-0.2, -0.15) is 0 Å². The predicted molar refractivity (Wildman–Crippen MR) is 170 cm³/mol. The fourth-order valence-corrected chi connectivity index (χ4v) is 5.80. The summed E-state index contributed by atoms with van der Waals surface area (Å²) in [6.07, 6.45) is 20.4. The van der Waals surface area contributed by atoms with E-state index >= 15 is 0 Å². The minimum absolute atomic E-state index is 0.000740. The largest absolute Gasteiger partial charge is 0.493 e. The molecule has 0 bridgehead atoms. The van der Waals surface area contributed by atoms with E-state index in [1.807, 2.05) is 42.5 Å². The van der Waals surface area contributed by atoms with Crippen LogP contribution in [0.1, 0.15) is 102 Å². The van der Waals surface area contributed by atoms with Crippen LogP contribution in [0.4, 0.5) is 0 Å². The van der Waals surface area contributed by atoms with E-state index in [1.165, 1.54) is 83.5 Å². The Morgan fingerprint density at radius 2 is 1.37 bits per heavy atom. The Kier molecular flexibility index (Phi) is 13.8. The van der Waals surface area contributed by atoms with Crippen molar-refractivity contribution >= 4 is 11.0 Å². The molecule has 41 heavy (non-hydrogen) atoms. The molecule has 0 radical (unpaired) electrons. The van der Waals surface area contributed by atoms with Gasteiger partial charge in [0.15, 0.2) is 0 Å². The van der Waals surface area contributed by atoms with Crippen molar-refractivity contribution in [3.8, 4) is 16.9 Å². The van der Waals surface area contributed by atoms with E-state index in [9.17, 15) is 4.79 Å². The maximum Gasteiger partial charge on any atom is 0.200 e. The Hall–Kier alpha value is -2.63. The highest BCUT2D eigenvalue weighted by Crippen LogP contribution is 2.30. The van der Waals surface area contributed by atoms with Crippen LogP contribution in [0, 0.1) is 0 Å². The van der Waals surface area contributed by atoms with Crippen LogP contribution in [-0.4, -0.2) is 37.8 Å². The first-order valence-corrected chi connectivity index (χ1v) is 16.3.